The summed E-state index contributed by atoms with van der Waals surface area (Å²) in [5, 5.41) is 9.38. The molecule has 1 unspecified atom stereocenters. The van der Waals surface area contributed by atoms with Crippen molar-refractivity contribution in [3.05, 3.63) is 70.8 Å². The van der Waals surface area contributed by atoms with Crippen LogP contribution in [0.25, 0.3) is 6.08 Å². The lowest BCUT2D eigenvalue weighted by atomic mass is 10.1. The number of allylic oxidation sites excluding steroid dienone is 1. The van der Waals surface area contributed by atoms with E-state index in [1.54, 1.807) is 30.3 Å². The van der Waals surface area contributed by atoms with Crippen LogP contribution in [0.1, 0.15) is 22.8 Å². The van der Waals surface area contributed by atoms with Crippen molar-refractivity contribution in [3.63, 3.8) is 0 Å². The van der Waals surface area contributed by atoms with Crippen LogP contribution in [-0.2, 0) is 14.8 Å². The van der Waals surface area contributed by atoms with Crippen molar-refractivity contribution in [1.82, 2.24) is 4.72 Å². The number of aliphatic carboxylic acids is 1. The van der Waals surface area contributed by atoms with E-state index in [9.17, 15) is 18.0 Å². The fraction of sp³-hybridized carbons (Fsp3) is 0.111. The summed E-state index contributed by atoms with van der Waals surface area (Å²) in [5.41, 5.74) is 1.11. The van der Waals surface area contributed by atoms with Gasteiger partial charge < -0.3 is 5.11 Å². The third-order valence-corrected chi connectivity index (χ3v) is 5.26. The topological polar surface area (TPSA) is 101 Å². The highest BCUT2D eigenvalue weighted by Crippen LogP contribution is 2.14. The zero-order valence-corrected chi connectivity index (χ0v) is 15.3. The van der Waals surface area contributed by atoms with E-state index in [4.69, 9.17) is 16.7 Å². The monoisotopic (exact) mass is 393 g/mol. The van der Waals surface area contributed by atoms with E-state index in [1.165, 1.54) is 37.3 Å². The molecule has 0 fully saturated rings. The van der Waals surface area contributed by atoms with Crippen LogP contribution >= 0.6 is 11.6 Å². The number of nitrogens with one attached hydrogen (secondary N) is 1. The maximum Gasteiger partial charge on any atom is 0.321 e. The summed E-state index contributed by atoms with van der Waals surface area (Å²) in [5.74, 6) is -1.58. The molecule has 0 spiro atoms. The first-order valence-electron chi connectivity index (χ1n) is 7.52. The smallest absolute Gasteiger partial charge is 0.321 e. The molecule has 1 atom stereocenters. The number of hydrogen-bond donors (Lipinski definition) is 2. The second kappa shape index (κ2) is 8.27. The molecule has 0 amide bonds. The van der Waals surface area contributed by atoms with Gasteiger partial charge in [0.15, 0.2) is 5.78 Å². The molecular formula is C18H16ClNO5S. The number of halogens is 1. The molecule has 2 aromatic carbocycles. The molecule has 2 rings (SSSR count). The normalized spacial score (nSPS) is 12.8. The number of sulfonamides is 1. The minimum atomic E-state index is -3.98. The third-order valence-electron chi connectivity index (χ3n) is 3.45. The van der Waals surface area contributed by atoms with Crippen molar-refractivity contribution in [3.8, 4) is 0 Å². The predicted molar refractivity (Wildman–Crippen MR) is 98.7 cm³/mol. The molecule has 0 aliphatic heterocycles. The Kier molecular flexibility index (Phi) is 6.31. The molecule has 0 aliphatic rings. The third kappa shape index (κ3) is 5.26. The highest BCUT2D eigenvalue weighted by atomic mass is 35.5. The Bertz CT molecular complexity index is 935. The maximum absolute atomic E-state index is 12.2. The minimum absolute atomic E-state index is 0.121. The SMILES string of the molecule is CC(NS(=O)(=O)c1ccc(C(=O)/C=C\c2ccc(Cl)cc2)cc1)C(=O)O. The zero-order chi connectivity index (χ0) is 19.3. The maximum atomic E-state index is 12.2. The Hall–Kier alpha value is -2.48. The molecule has 2 N–H and O–H groups in total. The number of carbonyl (C=O) groups excluding carboxylic acids is 1. The van der Waals surface area contributed by atoms with Gasteiger partial charge in [0.1, 0.15) is 6.04 Å². The molecule has 0 saturated heterocycles. The van der Waals surface area contributed by atoms with Gasteiger partial charge in [-0.2, -0.15) is 4.72 Å². The van der Waals surface area contributed by atoms with Gasteiger partial charge in [0.2, 0.25) is 10.0 Å². The van der Waals surface area contributed by atoms with Crippen molar-refractivity contribution >= 4 is 39.5 Å². The number of carboxylic acid groups (broad SMARTS) is 1. The summed E-state index contributed by atoms with van der Waals surface area (Å²) in [7, 11) is -3.98. The van der Waals surface area contributed by atoms with Gasteiger partial charge in [-0.3, -0.25) is 9.59 Å². The van der Waals surface area contributed by atoms with Crippen LogP contribution in [0.15, 0.2) is 59.5 Å². The van der Waals surface area contributed by atoms with E-state index < -0.39 is 22.0 Å². The lowest BCUT2D eigenvalue weighted by Gasteiger charge is -2.10. The second-order valence-corrected chi connectivity index (χ2v) is 7.61. The van der Waals surface area contributed by atoms with E-state index in [0.29, 0.717) is 10.6 Å². The van der Waals surface area contributed by atoms with Crippen molar-refractivity contribution in [2.24, 2.45) is 0 Å². The minimum Gasteiger partial charge on any atom is -0.480 e. The number of carboxylic acids is 1. The Morgan fingerprint density at radius 1 is 1.08 bits per heavy atom. The summed E-state index contributed by atoms with van der Waals surface area (Å²) >= 11 is 5.79. The fourth-order valence-electron chi connectivity index (χ4n) is 1.99. The Balaban J connectivity index is 2.12. The highest BCUT2D eigenvalue weighted by molar-refractivity contribution is 7.89. The lowest BCUT2D eigenvalue weighted by molar-refractivity contribution is -0.138. The molecule has 0 bridgehead atoms. The van der Waals surface area contributed by atoms with E-state index in [2.05, 4.69) is 0 Å². The van der Waals surface area contributed by atoms with Crippen molar-refractivity contribution in [1.29, 1.82) is 0 Å². The average molecular weight is 394 g/mol. The van der Waals surface area contributed by atoms with Crippen LogP contribution in [0.3, 0.4) is 0 Å². The van der Waals surface area contributed by atoms with Gasteiger partial charge >= 0.3 is 5.97 Å². The van der Waals surface area contributed by atoms with Gasteiger partial charge in [-0.05, 0) is 55.0 Å². The van der Waals surface area contributed by atoms with Crippen molar-refractivity contribution < 1.29 is 23.1 Å². The van der Waals surface area contributed by atoms with Gasteiger partial charge in [0.25, 0.3) is 0 Å². The summed E-state index contributed by atoms with van der Waals surface area (Å²) in [6.07, 6.45) is 3.00. The van der Waals surface area contributed by atoms with Crippen LogP contribution in [0.2, 0.25) is 5.02 Å². The number of carbonyl (C=O) groups is 2. The van der Waals surface area contributed by atoms with Crippen LogP contribution in [0, 0.1) is 0 Å². The number of benzene rings is 2. The molecular weight excluding hydrogens is 378 g/mol. The zero-order valence-electron chi connectivity index (χ0n) is 13.7. The van der Waals surface area contributed by atoms with Crippen molar-refractivity contribution in [2.45, 2.75) is 17.9 Å². The summed E-state index contributed by atoms with van der Waals surface area (Å²) in [4.78, 5) is 22.8. The first-order chi connectivity index (χ1) is 12.2. The van der Waals surface area contributed by atoms with Crippen LogP contribution in [-0.4, -0.2) is 31.3 Å². The highest BCUT2D eigenvalue weighted by Gasteiger charge is 2.21. The molecule has 2 aromatic rings. The predicted octanol–water partition coefficient (Wildman–Crippen LogP) is 2.99. The molecule has 6 nitrogen and oxygen atoms in total. The first kappa shape index (κ1) is 19.8. The van der Waals surface area contributed by atoms with Gasteiger partial charge in [0, 0.05) is 10.6 Å². The standard InChI is InChI=1S/C18H16ClNO5S/c1-12(18(22)23)20-26(24,25)16-9-5-14(6-10-16)17(21)11-4-13-2-7-15(19)8-3-13/h2-12,20H,1H3,(H,22,23)/b11-4-. The van der Waals surface area contributed by atoms with Gasteiger partial charge in [-0.15, -0.1) is 0 Å². The number of hydrogen-bond acceptors (Lipinski definition) is 4. The molecule has 0 saturated carbocycles. The molecule has 0 radical (unpaired) electrons. The average Bonchev–Trinajstić information content (AvgIpc) is 2.60. The number of ketones is 1. The van der Waals surface area contributed by atoms with Crippen LogP contribution in [0.5, 0.6) is 0 Å². The van der Waals surface area contributed by atoms with Gasteiger partial charge in [0.05, 0.1) is 4.90 Å². The fourth-order valence-corrected chi connectivity index (χ4v) is 3.31. The quantitative estimate of drug-likeness (QED) is 0.556. The van der Waals surface area contributed by atoms with E-state index in [-0.39, 0.29) is 10.7 Å². The van der Waals surface area contributed by atoms with Crippen molar-refractivity contribution in [2.75, 3.05) is 0 Å². The van der Waals surface area contributed by atoms with E-state index in [0.717, 1.165) is 5.56 Å². The molecule has 0 aromatic heterocycles. The summed E-state index contributed by atoms with van der Waals surface area (Å²) < 4.78 is 26.2. The molecule has 8 heteroatoms. The Morgan fingerprint density at radius 3 is 2.19 bits per heavy atom. The Labute approximate surface area is 156 Å². The van der Waals surface area contributed by atoms with Crippen LogP contribution < -0.4 is 4.72 Å². The van der Waals surface area contributed by atoms with Gasteiger partial charge in [-0.1, -0.05) is 29.8 Å². The summed E-state index contributed by atoms with van der Waals surface area (Å²) in [6.45, 7) is 1.22. The molecule has 0 heterocycles. The first-order valence-corrected chi connectivity index (χ1v) is 9.38. The van der Waals surface area contributed by atoms with E-state index >= 15 is 0 Å². The van der Waals surface area contributed by atoms with Crippen LogP contribution in [0.4, 0.5) is 0 Å². The molecule has 136 valence electrons. The second-order valence-electron chi connectivity index (χ2n) is 5.45. The van der Waals surface area contributed by atoms with E-state index in [1.807, 2.05) is 4.72 Å². The lowest BCUT2D eigenvalue weighted by Crippen LogP contribution is -2.38. The molecule has 26 heavy (non-hydrogen) atoms. The number of rotatable bonds is 7. The Morgan fingerprint density at radius 2 is 1.65 bits per heavy atom. The summed E-state index contributed by atoms with van der Waals surface area (Å²) in [6, 6.07) is 10.9. The van der Waals surface area contributed by atoms with Gasteiger partial charge in [-0.25, -0.2) is 8.42 Å². The molecule has 0 aliphatic carbocycles. The largest absolute Gasteiger partial charge is 0.480 e.